The van der Waals surface area contributed by atoms with E-state index in [4.69, 9.17) is 5.26 Å². The Hall–Kier alpha value is -3.01. The first kappa shape index (κ1) is 15.4. The lowest BCUT2D eigenvalue weighted by molar-refractivity contribution is -0.384. The van der Waals surface area contributed by atoms with Crippen LogP contribution in [-0.2, 0) is 13.0 Å². The normalized spacial score (nSPS) is 10.2. The number of nitro groups is 1. The second kappa shape index (κ2) is 6.63. The van der Waals surface area contributed by atoms with Crippen LogP contribution in [0.2, 0.25) is 0 Å². The van der Waals surface area contributed by atoms with Crippen molar-refractivity contribution in [3.8, 4) is 17.3 Å². The highest BCUT2D eigenvalue weighted by molar-refractivity contribution is 5.61. The zero-order valence-corrected chi connectivity index (χ0v) is 12.0. The van der Waals surface area contributed by atoms with Gasteiger partial charge in [0.1, 0.15) is 0 Å². The third-order valence-corrected chi connectivity index (χ3v) is 3.13. The highest BCUT2D eigenvalue weighted by Gasteiger charge is 2.11. The molecule has 0 spiro atoms. The van der Waals surface area contributed by atoms with Gasteiger partial charge in [-0.2, -0.15) is 10.4 Å². The Kier molecular flexibility index (Phi) is 4.63. The summed E-state index contributed by atoms with van der Waals surface area (Å²) in [6.45, 7) is 2.38. The summed E-state index contributed by atoms with van der Waals surface area (Å²) >= 11 is 0. The maximum Gasteiger partial charge on any atom is 0.271 e. The Morgan fingerprint density at radius 1 is 1.36 bits per heavy atom. The maximum absolute atomic E-state index is 12.1. The van der Waals surface area contributed by atoms with Crippen LogP contribution < -0.4 is 5.56 Å². The second-order valence-electron chi connectivity index (χ2n) is 4.72. The first-order valence-corrected chi connectivity index (χ1v) is 6.79. The van der Waals surface area contributed by atoms with Crippen LogP contribution in [0.15, 0.2) is 35.1 Å². The number of hydrogen-bond acceptors (Lipinski definition) is 5. The predicted molar refractivity (Wildman–Crippen MR) is 80.2 cm³/mol. The molecular weight excluding hydrogens is 284 g/mol. The van der Waals surface area contributed by atoms with E-state index in [0.29, 0.717) is 23.4 Å². The number of benzene rings is 1. The molecule has 0 saturated heterocycles. The van der Waals surface area contributed by atoms with Crippen LogP contribution in [0.25, 0.3) is 11.3 Å². The van der Waals surface area contributed by atoms with Crippen molar-refractivity contribution in [2.45, 2.75) is 26.3 Å². The molecule has 7 heteroatoms. The number of rotatable bonds is 5. The largest absolute Gasteiger partial charge is 0.271 e. The van der Waals surface area contributed by atoms with Crippen LogP contribution in [0.3, 0.4) is 0 Å². The molecule has 1 aromatic heterocycles. The van der Waals surface area contributed by atoms with Crippen LogP contribution in [0.5, 0.6) is 0 Å². The molecule has 2 aromatic rings. The van der Waals surface area contributed by atoms with Gasteiger partial charge in [-0.25, -0.2) is 4.68 Å². The van der Waals surface area contributed by atoms with Crippen molar-refractivity contribution >= 4 is 5.69 Å². The zero-order chi connectivity index (χ0) is 16.1. The van der Waals surface area contributed by atoms with Crippen molar-refractivity contribution in [3.63, 3.8) is 0 Å². The minimum Gasteiger partial charge on any atom is -0.267 e. The SMILES string of the molecule is CCCn1nc(-c2ccc([N+](=O)[O-])cc2)cc(CC#N)c1=O. The van der Waals surface area contributed by atoms with Crippen molar-refractivity contribution in [1.82, 2.24) is 9.78 Å². The fourth-order valence-electron chi connectivity index (χ4n) is 2.07. The molecule has 22 heavy (non-hydrogen) atoms. The quantitative estimate of drug-likeness (QED) is 0.622. The van der Waals surface area contributed by atoms with E-state index in [2.05, 4.69) is 5.10 Å². The summed E-state index contributed by atoms with van der Waals surface area (Å²) in [5.74, 6) is 0. The van der Waals surface area contributed by atoms with Crippen molar-refractivity contribution in [3.05, 3.63) is 56.4 Å². The second-order valence-corrected chi connectivity index (χ2v) is 4.72. The molecule has 7 nitrogen and oxygen atoms in total. The van der Waals surface area contributed by atoms with Crippen LogP contribution in [0.4, 0.5) is 5.69 Å². The van der Waals surface area contributed by atoms with Gasteiger partial charge in [-0.3, -0.25) is 14.9 Å². The average Bonchev–Trinajstić information content (AvgIpc) is 2.51. The molecule has 2 rings (SSSR count). The number of nitrogens with zero attached hydrogens (tertiary/aromatic N) is 4. The predicted octanol–water partition coefficient (Wildman–Crippen LogP) is 2.29. The van der Waals surface area contributed by atoms with E-state index < -0.39 is 4.92 Å². The summed E-state index contributed by atoms with van der Waals surface area (Å²) in [5.41, 5.74) is 1.28. The molecule has 1 heterocycles. The summed E-state index contributed by atoms with van der Waals surface area (Å²) in [6.07, 6.45) is 0.744. The highest BCUT2D eigenvalue weighted by Crippen LogP contribution is 2.20. The first-order valence-electron chi connectivity index (χ1n) is 6.79. The maximum atomic E-state index is 12.1. The molecule has 0 N–H and O–H groups in total. The van der Waals surface area contributed by atoms with Gasteiger partial charge in [0.2, 0.25) is 0 Å². The number of nitro benzene ring substituents is 1. The molecule has 0 aliphatic heterocycles. The molecule has 1 aromatic carbocycles. The molecule has 0 unspecified atom stereocenters. The van der Waals surface area contributed by atoms with Crippen molar-refractivity contribution in [2.24, 2.45) is 0 Å². The minimum atomic E-state index is -0.476. The van der Waals surface area contributed by atoms with E-state index in [-0.39, 0.29) is 17.7 Å². The number of nitriles is 1. The van der Waals surface area contributed by atoms with E-state index in [1.54, 1.807) is 18.2 Å². The fraction of sp³-hybridized carbons (Fsp3) is 0.267. The van der Waals surface area contributed by atoms with Crippen molar-refractivity contribution in [1.29, 1.82) is 5.26 Å². The highest BCUT2D eigenvalue weighted by atomic mass is 16.6. The van der Waals surface area contributed by atoms with Crippen molar-refractivity contribution < 1.29 is 4.92 Å². The van der Waals surface area contributed by atoms with Crippen LogP contribution in [0.1, 0.15) is 18.9 Å². The van der Waals surface area contributed by atoms with Gasteiger partial charge in [-0.1, -0.05) is 6.92 Å². The van der Waals surface area contributed by atoms with Crippen LogP contribution in [0, 0.1) is 21.4 Å². The molecule has 0 bridgehead atoms. The topological polar surface area (TPSA) is 102 Å². The molecule has 0 saturated carbocycles. The summed E-state index contributed by atoms with van der Waals surface area (Å²) in [5, 5.41) is 23.8. The molecule has 0 aliphatic carbocycles. The summed E-state index contributed by atoms with van der Waals surface area (Å²) < 4.78 is 1.34. The van der Waals surface area contributed by atoms with Gasteiger partial charge in [0.15, 0.2) is 0 Å². The monoisotopic (exact) mass is 298 g/mol. The van der Waals surface area contributed by atoms with Gasteiger partial charge in [-0.05, 0) is 24.6 Å². The Morgan fingerprint density at radius 2 is 2.05 bits per heavy atom. The summed E-state index contributed by atoms with van der Waals surface area (Å²) in [7, 11) is 0. The van der Waals surface area contributed by atoms with E-state index >= 15 is 0 Å². The first-order chi connectivity index (χ1) is 10.6. The molecular formula is C15H14N4O3. The van der Waals surface area contributed by atoms with E-state index in [0.717, 1.165) is 6.42 Å². The van der Waals surface area contributed by atoms with E-state index in [1.807, 2.05) is 13.0 Å². The molecule has 0 radical (unpaired) electrons. The molecule has 0 aliphatic rings. The Balaban J connectivity index is 2.52. The van der Waals surface area contributed by atoms with Crippen LogP contribution in [-0.4, -0.2) is 14.7 Å². The molecule has 0 atom stereocenters. The van der Waals surface area contributed by atoms with Gasteiger partial charge < -0.3 is 0 Å². The van der Waals surface area contributed by atoms with E-state index in [1.165, 1.54) is 16.8 Å². The van der Waals surface area contributed by atoms with Crippen molar-refractivity contribution in [2.75, 3.05) is 0 Å². The lowest BCUT2D eigenvalue weighted by Gasteiger charge is -2.08. The lowest BCUT2D eigenvalue weighted by atomic mass is 10.1. The Morgan fingerprint density at radius 3 is 2.59 bits per heavy atom. The van der Waals surface area contributed by atoms with Gasteiger partial charge in [0.25, 0.3) is 11.2 Å². The van der Waals surface area contributed by atoms with Gasteiger partial charge in [-0.15, -0.1) is 0 Å². The zero-order valence-electron chi connectivity index (χ0n) is 12.0. The Labute approximate surface area is 126 Å². The Bertz CT molecular complexity index is 788. The standard InChI is InChI=1S/C15H14N4O3/c1-2-9-18-15(20)12(7-8-16)10-14(17-18)11-3-5-13(6-4-11)19(21)22/h3-6,10H,2,7,9H2,1H3. The number of aromatic nitrogens is 2. The number of non-ortho nitro benzene ring substituents is 1. The van der Waals surface area contributed by atoms with Gasteiger partial charge in [0.05, 0.1) is 23.1 Å². The molecule has 0 fully saturated rings. The number of hydrogen-bond donors (Lipinski definition) is 0. The summed E-state index contributed by atoms with van der Waals surface area (Å²) in [4.78, 5) is 22.3. The molecule has 112 valence electrons. The number of aryl methyl sites for hydroxylation is 1. The fourth-order valence-corrected chi connectivity index (χ4v) is 2.07. The summed E-state index contributed by atoms with van der Waals surface area (Å²) in [6, 6.07) is 9.47. The third kappa shape index (κ3) is 3.17. The smallest absolute Gasteiger partial charge is 0.267 e. The van der Waals surface area contributed by atoms with E-state index in [9.17, 15) is 14.9 Å². The lowest BCUT2D eigenvalue weighted by Crippen LogP contribution is -2.26. The van der Waals surface area contributed by atoms with Crippen LogP contribution >= 0.6 is 0 Å². The van der Waals surface area contributed by atoms with Gasteiger partial charge in [0, 0.05) is 29.8 Å². The molecule has 0 amide bonds. The van der Waals surface area contributed by atoms with Gasteiger partial charge >= 0.3 is 0 Å². The third-order valence-electron chi connectivity index (χ3n) is 3.13. The average molecular weight is 298 g/mol. The minimum absolute atomic E-state index is 0.00501.